The second-order valence-electron chi connectivity index (χ2n) is 13.5. The molecule has 55 heavy (non-hydrogen) atoms. The summed E-state index contributed by atoms with van der Waals surface area (Å²) in [5.41, 5.74) is 1.04. The first kappa shape index (κ1) is 35.8. The second-order valence-corrected chi connectivity index (χ2v) is 13.5. The van der Waals surface area contributed by atoms with Crippen molar-refractivity contribution < 1.29 is 18.6 Å². The maximum atomic E-state index is 17.6. The average Bonchev–Trinajstić information content (AvgIpc) is 3.55. The standard InChI is InChI=1S/C47H39FN2O5/c48-42-43(55-47(37-25-13-4-14-26-37,38-27-15-5-16-28-38)39-29-17-6-18-30-39)40(54-44(42)50-32-31-41(51)49-45(50)52)33-53-46(34-19-7-1-8-20-34,35-21-9-2-10-22-35)36-23-11-3-12-24-36/h1-32,40,42-44H,33H2,(H,49,51,52)/t40-,42-,43-,44-/m1/s1. The summed E-state index contributed by atoms with van der Waals surface area (Å²) >= 11 is 0. The number of halogens is 1. The van der Waals surface area contributed by atoms with Crippen LogP contribution in [0.5, 0.6) is 0 Å². The maximum Gasteiger partial charge on any atom is 0.330 e. The van der Waals surface area contributed by atoms with Crippen LogP contribution in [-0.2, 0) is 25.4 Å². The lowest BCUT2D eigenvalue weighted by Crippen LogP contribution is -2.46. The number of H-pyrrole nitrogens is 1. The molecule has 2 heterocycles. The van der Waals surface area contributed by atoms with E-state index in [0.29, 0.717) is 0 Å². The van der Waals surface area contributed by atoms with Crippen LogP contribution in [0.1, 0.15) is 39.6 Å². The number of aromatic nitrogens is 2. The molecule has 0 amide bonds. The van der Waals surface area contributed by atoms with Gasteiger partial charge in [0.2, 0.25) is 0 Å². The van der Waals surface area contributed by atoms with E-state index < -0.39 is 47.1 Å². The van der Waals surface area contributed by atoms with Gasteiger partial charge in [0.05, 0.1) is 6.61 Å². The zero-order valence-electron chi connectivity index (χ0n) is 29.9. The third-order valence-corrected chi connectivity index (χ3v) is 10.3. The van der Waals surface area contributed by atoms with Crippen molar-refractivity contribution in [1.82, 2.24) is 9.55 Å². The second kappa shape index (κ2) is 15.7. The van der Waals surface area contributed by atoms with E-state index in [1.807, 2.05) is 182 Å². The molecule has 0 saturated carbocycles. The summed E-state index contributed by atoms with van der Waals surface area (Å²) in [6, 6.07) is 59.9. The summed E-state index contributed by atoms with van der Waals surface area (Å²) in [7, 11) is 0. The normalized spacial score (nSPS) is 18.6. The van der Waals surface area contributed by atoms with E-state index in [4.69, 9.17) is 14.2 Å². The minimum atomic E-state index is -1.88. The van der Waals surface area contributed by atoms with Gasteiger partial charge in [-0.3, -0.25) is 14.3 Å². The molecular weight excluding hydrogens is 692 g/mol. The molecule has 1 aliphatic rings. The maximum absolute atomic E-state index is 17.6. The van der Waals surface area contributed by atoms with Crippen molar-refractivity contribution in [3.63, 3.8) is 0 Å². The lowest BCUT2D eigenvalue weighted by molar-refractivity contribution is -0.128. The van der Waals surface area contributed by atoms with E-state index in [1.165, 1.54) is 12.3 Å². The predicted molar refractivity (Wildman–Crippen MR) is 209 cm³/mol. The molecule has 1 N–H and O–H groups in total. The number of ether oxygens (including phenoxy) is 3. The van der Waals surface area contributed by atoms with E-state index in [1.54, 1.807) is 0 Å². The number of alkyl halides is 1. The summed E-state index contributed by atoms with van der Waals surface area (Å²) in [4.78, 5) is 27.5. The molecule has 0 bridgehead atoms. The Labute approximate surface area is 318 Å². The van der Waals surface area contributed by atoms with Gasteiger partial charge in [-0.1, -0.05) is 182 Å². The van der Waals surface area contributed by atoms with Gasteiger partial charge in [-0.2, -0.15) is 0 Å². The highest BCUT2D eigenvalue weighted by Crippen LogP contribution is 2.47. The highest BCUT2D eigenvalue weighted by molar-refractivity contribution is 5.49. The molecule has 1 fully saturated rings. The van der Waals surface area contributed by atoms with Crippen molar-refractivity contribution in [3.8, 4) is 0 Å². The Bertz CT molecular complexity index is 2220. The van der Waals surface area contributed by atoms with Crippen LogP contribution >= 0.6 is 0 Å². The molecule has 7 aromatic rings. The largest absolute Gasteiger partial charge is 0.358 e. The lowest BCUT2D eigenvalue weighted by atomic mass is 9.79. The zero-order valence-corrected chi connectivity index (χ0v) is 29.9. The van der Waals surface area contributed by atoms with Crippen LogP contribution in [-0.4, -0.2) is 34.5 Å². The molecule has 274 valence electrons. The first-order chi connectivity index (χ1) is 27.0. The molecule has 4 atom stereocenters. The Kier molecular flexibility index (Phi) is 10.2. The van der Waals surface area contributed by atoms with Crippen LogP contribution in [0, 0.1) is 0 Å². The molecule has 8 heteroatoms. The van der Waals surface area contributed by atoms with Crippen LogP contribution in [0.4, 0.5) is 4.39 Å². The van der Waals surface area contributed by atoms with E-state index in [2.05, 4.69) is 4.98 Å². The number of benzene rings is 6. The Morgan fingerprint density at radius 2 is 0.909 bits per heavy atom. The summed E-state index contributed by atoms with van der Waals surface area (Å²) in [5.74, 6) is 0. The van der Waals surface area contributed by atoms with Crippen molar-refractivity contribution in [2.45, 2.75) is 35.8 Å². The fraction of sp³-hybridized carbons (Fsp3) is 0.149. The smallest absolute Gasteiger partial charge is 0.330 e. The molecule has 0 aliphatic carbocycles. The predicted octanol–water partition coefficient (Wildman–Crippen LogP) is 8.16. The summed E-state index contributed by atoms with van der Waals surface area (Å²) in [6.45, 7) is -0.146. The van der Waals surface area contributed by atoms with Gasteiger partial charge < -0.3 is 14.2 Å². The highest BCUT2D eigenvalue weighted by atomic mass is 19.1. The summed E-state index contributed by atoms with van der Waals surface area (Å²) in [6.07, 6.45) is -4.41. The molecule has 1 saturated heterocycles. The van der Waals surface area contributed by atoms with E-state index >= 15 is 4.39 Å². The fourth-order valence-corrected chi connectivity index (χ4v) is 7.72. The van der Waals surface area contributed by atoms with Gasteiger partial charge >= 0.3 is 5.69 Å². The monoisotopic (exact) mass is 730 g/mol. The van der Waals surface area contributed by atoms with Gasteiger partial charge in [0, 0.05) is 12.3 Å². The first-order valence-corrected chi connectivity index (χ1v) is 18.3. The number of hydrogen-bond acceptors (Lipinski definition) is 5. The van der Waals surface area contributed by atoms with Crippen LogP contribution in [0.3, 0.4) is 0 Å². The third-order valence-electron chi connectivity index (χ3n) is 10.3. The van der Waals surface area contributed by atoms with Crippen molar-refractivity contribution in [1.29, 1.82) is 0 Å². The Hall–Kier alpha value is -6.19. The topological polar surface area (TPSA) is 82.5 Å². The van der Waals surface area contributed by atoms with Crippen molar-refractivity contribution in [2.24, 2.45) is 0 Å². The van der Waals surface area contributed by atoms with E-state index in [0.717, 1.165) is 37.9 Å². The fourth-order valence-electron chi connectivity index (χ4n) is 7.72. The van der Waals surface area contributed by atoms with Gasteiger partial charge in [0.15, 0.2) is 12.4 Å². The molecule has 1 aliphatic heterocycles. The van der Waals surface area contributed by atoms with Crippen LogP contribution in [0.15, 0.2) is 204 Å². The number of nitrogens with zero attached hydrogens (tertiary/aromatic N) is 1. The molecule has 0 spiro atoms. The SMILES string of the molecule is O=c1ccn([C@@H]2O[C@H](COC(c3ccccc3)(c3ccccc3)c3ccccc3)[C@@H](OC(c3ccccc3)(c3ccccc3)c3ccccc3)[C@H]2F)c(=O)[nH]1. The highest BCUT2D eigenvalue weighted by Gasteiger charge is 2.53. The van der Waals surface area contributed by atoms with E-state index in [-0.39, 0.29) is 6.61 Å². The van der Waals surface area contributed by atoms with Crippen molar-refractivity contribution >= 4 is 0 Å². The third kappa shape index (κ3) is 6.76. The van der Waals surface area contributed by atoms with Crippen molar-refractivity contribution in [3.05, 3.63) is 248 Å². The Morgan fingerprint density at radius 1 is 0.545 bits per heavy atom. The van der Waals surface area contributed by atoms with Crippen LogP contribution in [0.25, 0.3) is 0 Å². The minimum absolute atomic E-state index is 0.146. The minimum Gasteiger partial charge on any atom is -0.358 e. The molecule has 6 aromatic carbocycles. The van der Waals surface area contributed by atoms with Crippen LogP contribution in [0.2, 0.25) is 0 Å². The van der Waals surface area contributed by atoms with Gasteiger partial charge in [-0.05, 0) is 33.4 Å². The lowest BCUT2D eigenvalue weighted by Gasteiger charge is -2.40. The molecule has 1 aromatic heterocycles. The van der Waals surface area contributed by atoms with Crippen LogP contribution < -0.4 is 11.2 Å². The quantitative estimate of drug-likeness (QED) is 0.128. The first-order valence-electron chi connectivity index (χ1n) is 18.3. The number of aromatic amines is 1. The number of rotatable bonds is 12. The molecule has 8 rings (SSSR count). The molecule has 7 nitrogen and oxygen atoms in total. The molecular formula is C47H39FN2O5. The van der Waals surface area contributed by atoms with Gasteiger partial charge in [0.25, 0.3) is 5.56 Å². The van der Waals surface area contributed by atoms with Gasteiger partial charge in [-0.25, -0.2) is 9.18 Å². The number of hydrogen-bond donors (Lipinski definition) is 1. The Morgan fingerprint density at radius 3 is 1.27 bits per heavy atom. The zero-order chi connectivity index (χ0) is 37.7. The Balaban J connectivity index is 1.30. The number of nitrogens with one attached hydrogen (secondary N) is 1. The average molecular weight is 731 g/mol. The summed E-state index contributed by atoms with van der Waals surface area (Å²) < 4.78 is 39.7. The van der Waals surface area contributed by atoms with Gasteiger partial charge in [-0.15, -0.1) is 0 Å². The van der Waals surface area contributed by atoms with Gasteiger partial charge in [0.1, 0.15) is 23.4 Å². The molecule has 0 unspecified atom stereocenters. The van der Waals surface area contributed by atoms with E-state index in [9.17, 15) is 9.59 Å². The van der Waals surface area contributed by atoms with Crippen molar-refractivity contribution in [2.75, 3.05) is 6.61 Å². The summed E-state index contributed by atoms with van der Waals surface area (Å²) in [5, 5.41) is 0. The molecule has 0 radical (unpaired) electrons.